The molecule has 0 saturated heterocycles. The molecular weight excluding hydrogens is 324 g/mol. The maximum atomic E-state index is 13.3. The molecule has 1 unspecified atom stereocenters. The molecule has 0 aliphatic carbocycles. The van der Waals surface area contributed by atoms with Gasteiger partial charge in [-0.1, -0.05) is 24.3 Å². The number of rotatable bonds is 6. The number of halogens is 2. The van der Waals surface area contributed by atoms with Gasteiger partial charge in [-0.05, 0) is 48.7 Å². The Labute approximate surface area is 146 Å². The second-order valence-corrected chi connectivity index (χ2v) is 5.73. The van der Waals surface area contributed by atoms with Crippen molar-refractivity contribution in [1.82, 2.24) is 10.6 Å². The molecule has 134 valence electrons. The Morgan fingerprint density at radius 3 is 2.48 bits per heavy atom. The highest BCUT2D eigenvalue weighted by molar-refractivity contribution is 5.79. The summed E-state index contributed by atoms with van der Waals surface area (Å²) in [6.45, 7) is 4.95. The van der Waals surface area contributed by atoms with E-state index in [4.69, 9.17) is 0 Å². The smallest absolute Gasteiger partial charge is 0.191 e. The van der Waals surface area contributed by atoms with Gasteiger partial charge in [0.2, 0.25) is 0 Å². The van der Waals surface area contributed by atoms with E-state index in [1.165, 1.54) is 18.2 Å². The molecule has 6 heteroatoms. The number of aliphatic imine (C=N–C) groups is 1. The van der Waals surface area contributed by atoms with Crippen LogP contribution in [0.25, 0.3) is 0 Å². The van der Waals surface area contributed by atoms with E-state index < -0.39 is 6.10 Å². The molecule has 0 saturated carbocycles. The van der Waals surface area contributed by atoms with E-state index in [-0.39, 0.29) is 18.2 Å². The minimum atomic E-state index is -0.780. The predicted molar refractivity (Wildman–Crippen MR) is 95.3 cm³/mol. The molecule has 0 bridgehead atoms. The molecule has 2 aromatic rings. The Morgan fingerprint density at radius 1 is 1.12 bits per heavy atom. The van der Waals surface area contributed by atoms with Crippen LogP contribution >= 0.6 is 0 Å². The lowest BCUT2D eigenvalue weighted by molar-refractivity contribution is 0.180. The lowest BCUT2D eigenvalue weighted by Gasteiger charge is -2.15. The van der Waals surface area contributed by atoms with Gasteiger partial charge < -0.3 is 15.7 Å². The number of benzene rings is 2. The minimum Gasteiger partial charge on any atom is -0.387 e. The standard InChI is InChI=1S/C19H23F2N3O/c1-3-22-19(23-11-14-4-9-17(21)13(2)10-14)24-12-18(25)15-5-7-16(20)8-6-15/h4-10,18,25H,3,11-12H2,1-2H3,(H2,22,23,24). The van der Waals surface area contributed by atoms with Crippen LogP contribution in [0.1, 0.15) is 29.7 Å². The third-order valence-electron chi connectivity index (χ3n) is 3.70. The van der Waals surface area contributed by atoms with Gasteiger partial charge >= 0.3 is 0 Å². The molecular formula is C19H23F2N3O. The molecule has 25 heavy (non-hydrogen) atoms. The summed E-state index contributed by atoms with van der Waals surface area (Å²) in [5, 5.41) is 16.3. The maximum Gasteiger partial charge on any atom is 0.191 e. The van der Waals surface area contributed by atoms with E-state index in [0.717, 1.165) is 5.56 Å². The molecule has 0 fully saturated rings. The molecule has 0 radical (unpaired) electrons. The summed E-state index contributed by atoms with van der Waals surface area (Å²) in [5.74, 6) is -0.0285. The Bertz CT molecular complexity index is 717. The number of aliphatic hydroxyl groups is 1. The van der Waals surface area contributed by atoms with Gasteiger partial charge in [0.15, 0.2) is 5.96 Å². The van der Waals surface area contributed by atoms with E-state index in [1.54, 1.807) is 31.2 Å². The minimum absolute atomic E-state index is 0.236. The summed E-state index contributed by atoms with van der Waals surface area (Å²) in [6.07, 6.45) is -0.780. The van der Waals surface area contributed by atoms with E-state index in [9.17, 15) is 13.9 Å². The first-order chi connectivity index (χ1) is 12.0. The molecule has 2 rings (SSSR count). The van der Waals surface area contributed by atoms with Crippen molar-refractivity contribution in [1.29, 1.82) is 0 Å². The highest BCUT2D eigenvalue weighted by Crippen LogP contribution is 2.12. The topological polar surface area (TPSA) is 56.7 Å². The lowest BCUT2D eigenvalue weighted by Crippen LogP contribution is -2.39. The van der Waals surface area contributed by atoms with Crippen LogP contribution in [0.3, 0.4) is 0 Å². The lowest BCUT2D eigenvalue weighted by atomic mass is 10.1. The molecule has 4 nitrogen and oxygen atoms in total. The zero-order valence-corrected chi connectivity index (χ0v) is 14.4. The molecule has 0 aromatic heterocycles. The van der Waals surface area contributed by atoms with Crippen LogP contribution in [0.2, 0.25) is 0 Å². The average Bonchev–Trinajstić information content (AvgIpc) is 2.60. The van der Waals surface area contributed by atoms with Crippen molar-refractivity contribution >= 4 is 5.96 Å². The van der Waals surface area contributed by atoms with Crippen LogP contribution in [0.15, 0.2) is 47.5 Å². The third-order valence-corrected chi connectivity index (χ3v) is 3.70. The van der Waals surface area contributed by atoms with Crippen molar-refractivity contribution in [2.24, 2.45) is 4.99 Å². The summed E-state index contributed by atoms with van der Waals surface area (Å²) < 4.78 is 26.2. The van der Waals surface area contributed by atoms with Gasteiger partial charge in [0.05, 0.1) is 12.6 Å². The van der Waals surface area contributed by atoms with E-state index in [2.05, 4.69) is 15.6 Å². The van der Waals surface area contributed by atoms with Gasteiger partial charge in [-0.25, -0.2) is 13.8 Å². The molecule has 2 aromatic carbocycles. The molecule has 3 N–H and O–H groups in total. The Morgan fingerprint density at radius 2 is 1.84 bits per heavy atom. The highest BCUT2D eigenvalue weighted by atomic mass is 19.1. The van der Waals surface area contributed by atoms with Crippen LogP contribution in [-0.2, 0) is 6.54 Å². The first-order valence-electron chi connectivity index (χ1n) is 8.20. The largest absolute Gasteiger partial charge is 0.387 e. The van der Waals surface area contributed by atoms with Crippen LogP contribution in [0.5, 0.6) is 0 Å². The van der Waals surface area contributed by atoms with Crippen molar-refractivity contribution < 1.29 is 13.9 Å². The van der Waals surface area contributed by atoms with Crippen LogP contribution in [0.4, 0.5) is 8.78 Å². The van der Waals surface area contributed by atoms with E-state index >= 15 is 0 Å². The Balaban J connectivity index is 1.97. The first-order valence-corrected chi connectivity index (χ1v) is 8.20. The maximum absolute atomic E-state index is 13.3. The number of nitrogens with zero attached hydrogens (tertiary/aromatic N) is 1. The monoisotopic (exact) mass is 347 g/mol. The van der Waals surface area contributed by atoms with Gasteiger partial charge in [0, 0.05) is 13.1 Å². The molecule has 0 aliphatic heterocycles. The van der Waals surface area contributed by atoms with Crippen LogP contribution in [-0.4, -0.2) is 24.2 Å². The Hall–Kier alpha value is -2.47. The Kier molecular flexibility index (Phi) is 6.89. The zero-order chi connectivity index (χ0) is 18.2. The average molecular weight is 347 g/mol. The normalized spacial score (nSPS) is 12.8. The number of guanidine groups is 1. The van der Waals surface area contributed by atoms with Crippen LogP contribution < -0.4 is 10.6 Å². The van der Waals surface area contributed by atoms with Gasteiger partial charge in [-0.2, -0.15) is 0 Å². The van der Waals surface area contributed by atoms with Gasteiger partial charge in [-0.15, -0.1) is 0 Å². The zero-order valence-electron chi connectivity index (χ0n) is 14.4. The van der Waals surface area contributed by atoms with Gasteiger partial charge in [0.25, 0.3) is 0 Å². The first kappa shape index (κ1) is 18.9. The second-order valence-electron chi connectivity index (χ2n) is 5.73. The third kappa shape index (κ3) is 5.83. The predicted octanol–water partition coefficient (Wildman–Crippen LogP) is 3.06. The summed E-state index contributed by atoms with van der Waals surface area (Å²) in [5.41, 5.74) is 2.10. The molecule has 0 amide bonds. The molecule has 1 atom stereocenters. The molecule has 0 aliphatic rings. The van der Waals surface area contributed by atoms with Crippen LogP contribution in [0, 0.1) is 18.6 Å². The fraction of sp³-hybridized carbons (Fsp3) is 0.316. The molecule has 0 heterocycles. The van der Waals surface area contributed by atoms with Gasteiger partial charge in [0.1, 0.15) is 11.6 Å². The van der Waals surface area contributed by atoms with Crippen molar-refractivity contribution in [3.63, 3.8) is 0 Å². The van der Waals surface area contributed by atoms with E-state index in [0.29, 0.717) is 30.2 Å². The number of aryl methyl sites for hydroxylation is 1. The fourth-order valence-electron chi connectivity index (χ4n) is 2.31. The number of hydrogen-bond acceptors (Lipinski definition) is 2. The van der Waals surface area contributed by atoms with Crippen molar-refractivity contribution in [2.75, 3.05) is 13.1 Å². The SMILES string of the molecule is CCNC(=NCc1ccc(F)c(C)c1)NCC(O)c1ccc(F)cc1. The summed E-state index contributed by atoms with van der Waals surface area (Å²) in [6, 6.07) is 10.6. The fourth-order valence-corrected chi connectivity index (χ4v) is 2.31. The summed E-state index contributed by atoms with van der Waals surface area (Å²) in [7, 11) is 0. The second kappa shape index (κ2) is 9.13. The van der Waals surface area contributed by atoms with Crippen molar-refractivity contribution in [3.8, 4) is 0 Å². The highest BCUT2D eigenvalue weighted by Gasteiger charge is 2.08. The number of aliphatic hydroxyl groups excluding tert-OH is 1. The van der Waals surface area contributed by atoms with E-state index in [1.807, 2.05) is 6.92 Å². The quantitative estimate of drug-likeness (QED) is 0.556. The van der Waals surface area contributed by atoms with Crippen molar-refractivity contribution in [2.45, 2.75) is 26.5 Å². The summed E-state index contributed by atoms with van der Waals surface area (Å²) >= 11 is 0. The number of hydrogen-bond donors (Lipinski definition) is 3. The number of nitrogens with one attached hydrogen (secondary N) is 2. The van der Waals surface area contributed by atoms with Crippen molar-refractivity contribution in [3.05, 3.63) is 70.8 Å². The van der Waals surface area contributed by atoms with Gasteiger partial charge in [-0.3, -0.25) is 0 Å². The molecule has 0 spiro atoms. The summed E-state index contributed by atoms with van der Waals surface area (Å²) in [4.78, 5) is 4.44.